The Morgan fingerprint density at radius 1 is 1.19 bits per heavy atom. The van der Waals surface area contributed by atoms with Crippen LogP contribution in [0.25, 0.3) is 0 Å². The summed E-state index contributed by atoms with van der Waals surface area (Å²) in [5.41, 5.74) is -0.671. The molecule has 0 aliphatic carbocycles. The summed E-state index contributed by atoms with van der Waals surface area (Å²) >= 11 is -2.80. The summed E-state index contributed by atoms with van der Waals surface area (Å²) in [4.78, 5) is 21.7. The van der Waals surface area contributed by atoms with E-state index in [0.29, 0.717) is 0 Å². The number of carboxylic acid groups (broad SMARTS) is 1. The van der Waals surface area contributed by atoms with Gasteiger partial charge in [0.05, 0.1) is 11.1 Å². The average Bonchev–Trinajstić information content (AvgIpc) is 2.15. The Morgan fingerprint density at radius 2 is 1.75 bits per heavy atom. The maximum Gasteiger partial charge on any atom is 0.360 e. The number of hydrogen-bond donors (Lipinski definition) is 3. The predicted molar refractivity (Wildman–Crippen MR) is 51.3 cm³/mol. The Hall–Kier alpha value is -1.93. The Labute approximate surface area is 91.8 Å². The van der Waals surface area contributed by atoms with Crippen LogP contribution in [-0.4, -0.2) is 30.9 Å². The van der Waals surface area contributed by atoms with Crippen LogP contribution in [0.4, 0.5) is 0 Å². The van der Waals surface area contributed by atoms with Gasteiger partial charge in [-0.3, -0.25) is 4.55 Å². The van der Waals surface area contributed by atoms with E-state index in [1.54, 1.807) is 0 Å². The summed E-state index contributed by atoms with van der Waals surface area (Å²) in [6.45, 7) is 0. The number of phenolic OH excluding ortho intramolecular Hbond substituents is 1. The first-order valence-corrected chi connectivity index (χ1v) is 4.84. The fourth-order valence-electron chi connectivity index (χ4n) is 0.965. The zero-order valence-corrected chi connectivity index (χ0v) is 8.43. The first-order valence-electron chi connectivity index (χ1n) is 3.81. The first kappa shape index (κ1) is 12.1. The molecule has 3 N–H and O–H groups in total. The van der Waals surface area contributed by atoms with Crippen LogP contribution in [0.15, 0.2) is 18.2 Å². The molecule has 0 spiro atoms. The molecule has 0 bridgehead atoms. The van der Waals surface area contributed by atoms with Gasteiger partial charge in [0, 0.05) is 0 Å². The SMILES string of the molecule is O=C(O)c1cc(O)cc(C(=O)OS(=O)O)c1. The van der Waals surface area contributed by atoms with Crippen LogP contribution in [-0.2, 0) is 15.5 Å². The van der Waals surface area contributed by atoms with Gasteiger partial charge in [0.1, 0.15) is 5.75 Å². The summed E-state index contributed by atoms with van der Waals surface area (Å²) in [5.74, 6) is -3.02. The van der Waals surface area contributed by atoms with Gasteiger partial charge in [-0.15, -0.1) is 0 Å². The van der Waals surface area contributed by atoms with Crippen molar-refractivity contribution >= 4 is 23.3 Å². The largest absolute Gasteiger partial charge is 0.508 e. The molecule has 0 amide bonds. The van der Waals surface area contributed by atoms with E-state index in [1.807, 2.05) is 0 Å². The second-order valence-electron chi connectivity index (χ2n) is 2.66. The molecule has 1 aromatic rings. The van der Waals surface area contributed by atoms with Crippen LogP contribution in [0.5, 0.6) is 5.75 Å². The third-order valence-electron chi connectivity index (χ3n) is 1.55. The normalized spacial score (nSPS) is 11.8. The van der Waals surface area contributed by atoms with Gasteiger partial charge in [0.15, 0.2) is 0 Å². The van der Waals surface area contributed by atoms with Gasteiger partial charge >= 0.3 is 23.3 Å². The second kappa shape index (κ2) is 4.73. The summed E-state index contributed by atoms with van der Waals surface area (Å²) < 4.78 is 22.4. The number of hydrogen-bond acceptors (Lipinski definition) is 5. The van der Waals surface area contributed by atoms with E-state index in [0.717, 1.165) is 18.2 Å². The Morgan fingerprint density at radius 3 is 2.25 bits per heavy atom. The Bertz CT molecular complexity index is 467. The fraction of sp³-hybridized carbons (Fsp3) is 0. The molecular formula is C8H6O7S. The highest BCUT2D eigenvalue weighted by atomic mass is 32.2. The lowest BCUT2D eigenvalue weighted by molar-refractivity contribution is 0.0696. The molecule has 0 aromatic heterocycles. The van der Waals surface area contributed by atoms with E-state index in [-0.39, 0.29) is 11.1 Å². The molecule has 8 heteroatoms. The number of carbonyl (C=O) groups is 2. The van der Waals surface area contributed by atoms with Gasteiger partial charge in [0.2, 0.25) is 0 Å². The van der Waals surface area contributed by atoms with Crippen LogP contribution in [0.1, 0.15) is 20.7 Å². The Balaban J connectivity index is 3.09. The lowest BCUT2D eigenvalue weighted by Crippen LogP contribution is -2.08. The highest BCUT2D eigenvalue weighted by Gasteiger charge is 2.15. The van der Waals surface area contributed by atoms with Crippen molar-refractivity contribution in [2.75, 3.05) is 0 Å². The smallest absolute Gasteiger partial charge is 0.360 e. The number of carbonyl (C=O) groups excluding carboxylic acids is 1. The van der Waals surface area contributed by atoms with Crippen molar-refractivity contribution < 1.29 is 32.7 Å². The minimum atomic E-state index is -2.80. The lowest BCUT2D eigenvalue weighted by Gasteiger charge is -2.02. The van der Waals surface area contributed by atoms with Gasteiger partial charge in [-0.05, 0) is 18.2 Å². The molecule has 1 aromatic carbocycles. The highest BCUT2D eigenvalue weighted by molar-refractivity contribution is 7.74. The van der Waals surface area contributed by atoms with E-state index in [1.165, 1.54) is 0 Å². The standard InChI is InChI=1S/C8H6O7S/c9-6-2-4(7(10)11)1-5(3-6)8(12)15-16(13)14/h1-3,9H,(H,10,11)(H,13,14). The van der Waals surface area contributed by atoms with Gasteiger partial charge in [-0.2, -0.15) is 4.21 Å². The minimum Gasteiger partial charge on any atom is -0.508 e. The molecule has 86 valence electrons. The third-order valence-corrected chi connectivity index (χ3v) is 1.84. The van der Waals surface area contributed by atoms with Gasteiger partial charge in [-0.1, -0.05) is 0 Å². The molecule has 0 radical (unpaired) electrons. The summed E-state index contributed by atoms with van der Waals surface area (Å²) in [6.07, 6.45) is 0. The molecule has 16 heavy (non-hydrogen) atoms. The Kier molecular flexibility index (Phi) is 3.59. The minimum absolute atomic E-state index is 0.334. The molecule has 0 aliphatic heterocycles. The number of rotatable bonds is 3. The maximum atomic E-state index is 11.1. The molecule has 1 rings (SSSR count). The number of carboxylic acids is 1. The second-order valence-corrected chi connectivity index (χ2v) is 3.26. The maximum absolute atomic E-state index is 11.1. The lowest BCUT2D eigenvalue weighted by atomic mass is 10.1. The van der Waals surface area contributed by atoms with E-state index < -0.39 is 29.0 Å². The van der Waals surface area contributed by atoms with Crippen molar-refractivity contribution in [1.82, 2.24) is 0 Å². The van der Waals surface area contributed by atoms with E-state index in [9.17, 15) is 13.8 Å². The molecule has 1 unspecified atom stereocenters. The van der Waals surface area contributed by atoms with Crippen LogP contribution in [0, 0.1) is 0 Å². The van der Waals surface area contributed by atoms with Crippen LogP contribution >= 0.6 is 0 Å². The predicted octanol–water partition coefficient (Wildman–Crippen LogP) is 0.384. The summed E-state index contributed by atoms with van der Waals surface area (Å²) in [5, 5.41) is 17.7. The molecule has 1 atom stereocenters. The van der Waals surface area contributed by atoms with E-state index >= 15 is 0 Å². The number of benzene rings is 1. The average molecular weight is 246 g/mol. The zero-order chi connectivity index (χ0) is 12.3. The van der Waals surface area contributed by atoms with Crippen molar-refractivity contribution in [3.63, 3.8) is 0 Å². The molecule has 0 saturated heterocycles. The van der Waals surface area contributed by atoms with Crippen LogP contribution in [0.2, 0.25) is 0 Å². The van der Waals surface area contributed by atoms with Crippen molar-refractivity contribution in [1.29, 1.82) is 0 Å². The number of phenols is 1. The number of aromatic hydroxyl groups is 1. The molecular weight excluding hydrogens is 240 g/mol. The molecule has 0 saturated carbocycles. The van der Waals surface area contributed by atoms with Gasteiger partial charge in [0.25, 0.3) is 0 Å². The monoisotopic (exact) mass is 246 g/mol. The van der Waals surface area contributed by atoms with Crippen LogP contribution in [0.3, 0.4) is 0 Å². The van der Waals surface area contributed by atoms with E-state index in [4.69, 9.17) is 14.8 Å². The zero-order valence-electron chi connectivity index (χ0n) is 7.61. The molecule has 0 heterocycles. The third kappa shape index (κ3) is 3.04. The molecule has 0 aliphatic rings. The van der Waals surface area contributed by atoms with Gasteiger partial charge < -0.3 is 14.4 Å². The molecule has 0 fully saturated rings. The molecule has 7 nitrogen and oxygen atoms in total. The number of aromatic carboxylic acids is 1. The fourth-order valence-corrected chi connectivity index (χ4v) is 1.19. The van der Waals surface area contributed by atoms with Crippen LogP contribution < -0.4 is 0 Å². The van der Waals surface area contributed by atoms with Crippen molar-refractivity contribution in [2.45, 2.75) is 0 Å². The highest BCUT2D eigenvalue weighted by Crippen LogP contribution is 2.16. The van der Waals surface area contributed by atoms with Crippen molar-refractivity contribution in [3.05, 3.63) is 29.3 Å². The van der Waals surface area contributed by atoms with Crippen molar-refractivity contribution in [3.8, 4) is 5.75 Å². The summed E-state index contributed by atoms with van der Waals surface area (Å²) in [6, 6.07) is 2.76. The summed E-state index contributed by atoms with van der Waals surface area (Å²) in [7, 11) is 0. The quantitative estimate of drug-likeness (QED) is 0.659. The first-order chi connectivity index (χ1) is 7.40. The topological polar surface area (TPSA) is 121 Å². The van der Waals surface area contributed by atoms with Crippen molar-refractivity contribution in [2.24, 2.45) is 0 Å². The van der Waals surface area contributed by atoms with E-state index in [2.05, 4.69) is 4.18 Å². The van der Waals surface area contributed by atoms with Gasteiger partial charge in [-0.25, -0.2) is 9.59 Å².